The van der Waals surface area contributed by atoms with Gasteiger partial charge in [0.15, 0.2) is 17.2 Å². The molecule has 1 aliphatic carbocycles. The number of benzene rings is 1. The van der Waals surface area contributed by atoms with Gasteiger partial charge in [0.05, 0.1) is 6.33 Å². The van der Waals surface area contributed by atoms with Crippen molar-refractivity contribution < 1.29 is 9.50 Å². The molecule has 1 aromatic carbocycles. The summed E-state index contributed by atoms with van der Waals surface area (Å²) in [6.07, 6.45) is 6.03. The number of fused-ring (bicyclic) bond motifs is 1. The summed E-state index contributed by atoms with van der Waals surface area (Å²) < 4.78 is 16.7. The highest BCUT2D eigenvalue weighted by molar-refractivity contribution is 5.83. The van der Waals surface area contributed by atoms with Crippen molar-refractivity contribution >= 4 is 11.2 Å². The molecule has 7 heteroatoms. The van der Waals surface area contributed by atoms with Crippen LogP contribution in [0, 0.1) is 12.7 Å². The molecular weight excluding hydrogens is 357 g/mol. The fraction of sp³-hybridized carbons (Fsp3) is 0.476. The normalized spacial score (nSPS) is 20.8. The van der Waals surface area contributed by atoms with Crippen molar-refractivity contribution in [3.8, 4) is 17.0 Å². The number of aromatic hydroxyl groups is 1. The average molecular weight is 381 g/mol. The zero-order chi connectivity index (χ0) is 19.4. The Morgan fingerprint density at radius 1 is 1.18 bits per heavy atom. The van der Waals surface area contributed by atoms with Gasteiger partial charge in [-0.1, -0.05) is 6.07 Å². The summed E-state index contributed by atoms with van der Waals surface area (Å²) in [5.41, 5.74) is 3.76. The molecule has 3 heterocycles. The van der Waals surface area contributed by atoms with Gasteiger partial charge >= 0.3 is 0 Å². The SMILES string of the molecule is Cc1c(-c2ccc(C3CC3)c(F)c2O)nnc2c1ncn2[C@@H]1CCCN(C)C1. The summed E-state index contributed by atoms with van der Waals surface area (Å²) in [6, 6.07) is 3.85. The zero-order valence-electron chi connectivity index (χ0n) is 16.2. The third-order valence-corrected chi connectivity index (χ3v) is 6.13. The van der Waals surface area contributed by atoms with Gasteiger partial charge in [0.2, 0.25) is 0 Å². The van der Waals surface area contributed by atoms with E-state index in [1.807, 2.05) is 13.3 Å². The predicted octanol–water partition coefficient (Wildman–Crippen LogP) is 3.79. The standard InChI is InChI=1S/C21H24FN5O/c1-12-18(16-8-7-15(13-5-6-13)17(22)20(16)28)24-25-21-19(12)23-11-27(21)14-4-3-9-26(2)10-14/h7-8,11,13-14,28H,3-6,9-10H2,1-2H3/t14-/m1/s1. The lowest BCUT2D eigenvalue weighted by atomic mass is 10.0. The van der Waals surface area contributed by atoms with Gasteiger partial charge < -0.3 is 14.6 Å². The van der Waals surface area contributed by atoms with Crippen LogP contribution in [0.3, 0.4) is 0 Å². The van der Waals surface area contributed by atoms with Gasteiger partial charge in [-0.3, -0.25) is 0 Å². The Labute approximate surface area is 163 Å². The second kappa shape index (κ2) is 6.51. The second-order valence-corrected chi connectivity index (χ2v) is 8.20. The van der Waals surface area contributed by atoms with Crippen molar-refractivity contribution in [2.45, 2.75) is 44.6 Å². The maximum atomic E-state index is 14.6. The van der Waals surface area contributed by atoms with Crippen LogP contribution >= 0.6 is 0 Å². The number of imidazole rings is 1. The van der Waals surface area contributed by atoms with E-state index in [0.717, 1.165) is 55.5 Å². The molecule has 2 aromatic heterocycles. The molecule has 3 aromatic rings. The molecule has 5 rings (SSSR count). The van der Waals surface area contributed by atoms with Crippen LogP contribution in [-0.2, 0) is 0 Å². The van der Waals surface area contributed by atoms with E-state index in [9.17, 15) is 9.50 Å². The van der Waals surface area contributed by atoms with Gasteiger partial charge in [-0.2, -0.15) is 0 Å². The van der Waals surface area contributed by atoms with Crippen LogP contribution in [0.15, 0.2) is 18.5 Å². The fourth-order valence-electron chi connectivity index (χ4n) is 4.37. The lowest BCUT2D eigenvalue weighted by molar-refractivity contribution is 0.214. The van der Waals surface area contributed by atoms with E-state index in [1.54, 1.807) is 12.1 Å². The van der Waals surface area contributed by atoms with Gasteiger partial charge in [0, 0.05) is 23.7 Å². The molecule has 1 N–H and O–H groups in total. The number of phenols is 1. The van der Waals surface area contributed by atoms with Gasteiger partial charge in [-0.25, -0.2) is 9.37 Å². The van der Waals surface area contributed by atoms with Crippen molar-refractivity contribution in [3.63, 3.8) is 0 Å². The van der Waals surface area contributed by atoms with E-state index in [4.69, 9.17) is 0 Å². The lowest BCUT2D eigenvalue weighted by Gasteiger charge is -2.30. The molecule has 1 atom stereocenters. The van der Waals surface area contributed by atoms with Crippen molar-refractivity contribution in [1.82, 2.24) is 24.6 Å². The Bertz CT molecular complexity index is 1060. The van der Waals surface area contributed by atoms with Gasteiger partial charge in [0.25, 0.3) is 0 Å². The fourth-order valence-corrected chi connectivity index (χ4v) is 4.37. The van der Waals surface area contributed by atoms with E-state index < -0.39 is 5.82 Å². The third-order valence-electron chi connectivity index (χ3n) is 6.13. The monoisotopic (exact) mass is 381 g/mol. The van der Waals surface area contributed by atoms with E-state index in [-0.39, 0.29) is 11.7 Å². The first kappa shape index (κ1) is 17.6. The summed E-state index contributed by atoms with van der Waals surface area (Å²) in [4.78, 5) is 6.90. The van der Waals surface area contributed by atoms with E-state index in [2.05, 4.69) is 31.7 Å². The Morgan fingerprint density at radius 2 is 2.00 bits per heavy atom. The number of hydrogen-bond donors (Lipinski definition) is 1. The number of rotatable bonds is 3. The van der Waals surface area contributed by atoms with Crippen molar-refractivity contribution in [2.24, 2.45) is 0 Å². The molecule has 146 valence electrons. The first-order chi connectivity index (χ1) is 13.5. The number of nitrogens with zero attached hydrogens (tertiary/aromatic N) is 5. The maximum Gasteiger partial charge on any atom is 0.183 e. The molecule has 1 saturated carbocycles. The molecule has 0 bridgehead atoms. The van der Waals surface area contributed by atoms with Crippen LogP contribution in [0.4, 0.5) is 4.39 Å². The minimum Gasteiger partial charge on any atom is -0.504 e. The van der Waals surface area contributed by atoms with Crippen LogP contribution in [0.25, 0.3) is 22.4 Å². The summed E-state index contributed by atoms with van der Waals surface area (Å²) in [6.45, 7) is 3.98. The quantitative estimate of drug-likeness (QED) is 0.748. The average Bonchev–Trinajstić information content (AvgIpc) is 3.43. The summed E-state index contributed by atoms with van der Waals surface area (Å²) >= 11 is 0. The van der Waals surface area contributed by atoms with Gasteiger partial charge in [0.1, 0.15) is 11.2 Å². The molecule has 0 amide bonds. The van der Waals surface area contributed by atoms with Crippen LogP contribution < -0.4 is 0 Å². The van der Waals surface area contributed by atoms with Crippen LogP contribution in [-0.4, -0.2) is 49.9 Å². The molecule has 0 radical (unpaired) electrons. The highest BCUT2D eigenvalue weighted by Crippen LogP contribution is 2.45. The topological polar surface area (TPSA) is 67.1 Å². The van der Waals surface area contributed by atoms with Crippen LogP contribution in [0.2, 0.25) is 0 Å². The number of phenolic OH excluding ortho intramolecular Hbond substituents is 1. The molecule has 28 heavy (non-hydrogen) atoms. The minimum absolute atomic E-state index is 0.235. The molecule has 2 aliphatic rings. The van der Waals surface area contributed by atoms with E-state index >= 15 is 0 Å². The number of likely N-dealkylation sites (tertiary alicyclic amines) is 1. The number of aryl methyl sites for hydroxylation is 1. The van der Waals surface area contributed by atoms with Crippen LogP contribution in [0.5, 0.6) is 5.75 Å². The number of hydrogen-bond acceptors (Lipinski definition) is 5. The molecule has 0 spiro atoms. The molecule has 1 aliphatic heterocycles. The first-order valence-corrected chi connectivity index (χ1v) is 9.94. The van der Waals surface area contributed by atoms with Gasteiger partial charge in [-0.05, 0) is 63.7 Å². The van der Waals surface area contributed by atoms with E-state index in [0.29, 0.717) is 22.9 Å². The smallest absolute Gasteiger partial charge is 0.183 e. The number of likely N-dealkylation sites (N-methyl/N-ethyl adjacent to an activating group) is 1. The summed E-state index contributed by atoms with van der Waals surface area (Å²) in [7, 11) is 2.13. The van der Waals surface area contributed by atoms with E-state index in [1.165, 1.54) is 0 Å². The second-order valence-electron chi connectivity index (χ2n) is 8.20. The first-order valence-electron chi connectivity index (χ1n) is 9.94. The maximum absolute atomic E-state index is 14.6. The molecule has 1 saturated heterocycles. The Kier molecular flexibility index (Phi) is 4.08. The highest BCUT2D eigenvalue weighted by Gasteiger charge is 2.29. The van der Waals surface area contributed by atoms with Crippen molar-refractivity contribution in [3.05, 3.63) is 35.4 Å². The molecule has 6 nitrogen and oxygen atoms in total. The Hall–Kier alpha value is -2.54. The third kappa shape index (κ3) is 2.76. The predicted molar refractivity (Wildman–Crippen MR) is 105 cm³/mol. The number of piperidine rings is 1. The highest BCUT2D eigenvalue weighted by atomic mass is 19.1. The van der Waals surface area contributed by atoms with Gasteiger partial charge in [-0.15, -0.1) is 10.2 Å². The number of halogens is 1. The van der Waals surface area contributed by atoms with Crippen molar-refractivity contribution in [1.29, 1.82) is 0 Å². The summed E-state index contributed by atoms with van der Waals surface area (Å²) in [5, 5.41) is 19.3. The molecular formula is C21H24FN5O. The van der Waals surface area contributed by atoms with Crippen LogP contribution in [0.1, 0.15) is 48.8 Å². The zero-order valence-corrected chi connectivity index (χ0v) is 16.2. The lowest BCUT2D eigenvalue weighted by Crippen LogP contribution is -2.33. The Morgan fingerprint density at radius 3 is 2.75 bits per heavy atom. The summed E-state index contributed by atoms with van der Waals surface area (Å²) in [5.74, 6) is -0.634. The molecule has 2 fully saturated rings. The minimum atomic E-state index is -0.530. The Balaban J connectivity index is 1.57. The van der Waals surface area contributed by atoms with Crippen molar-refractivity contribution in [2.75, 3.05) is 20.1 Å². The largest absolute Gasteiger partial charge is 0.504 e. The number of aromatic nitrogens is 4. The molecule has 0 unspecified atom stereocenters.